The molecule has 2 N–H and O–H groups in total. The SMILES string of the molecule is C[C@H](Sc1nc2sc3c(c2c(=O)[nH]1)CCCC3)C(=O)Nc1ccc(C#N)cc1. The second-order valence-corrected chi connectivity index (χ2v) is 9.11. The van der Waals surface area contributed by atoms with E-state index in [0.29, 0.717) is 16.4 Å². The predicted octanol–water partition coefficient (Wildman–Crippen LogP) is 3.85. The molecule has 0 saturated carbocycles. The van der Waals surface area contributed by atoms with Crippen LogP contribution in [0.1, 0.15) is 35.8 Å². The highest BCUT2D eigenvalue weighted by molar-refractivity contribution is 8.00. The quantitative estimate of drug-likeness (QED) is 0.503. The lowest BCUT2D eigenvalue weighted by Gasteiger charge is -2.11. The Morgan fingerprint density at radius 2 is 2.07 bits per heavy atom. The molecule has 4 rings (SSSR count). The van der Waals surface area contributed by atoms with Crippen LogP contribution < -0.4 is 10.9 Å². The zero-order valence-electron chi connectivity index (χ0n) is 15.2. The first-order valence-electron chi connectivity index (χ1n) is 9.07. The maximum atomic E-state index is 12.6. The standard InChI is InChI=1S/C20H18N4O2S2/c1-11(17(25)22-13-8-6-12(10-21)7-9-13)27-20-23-18(26)16-14-4-2-3-5-15(14)28-19(16)24-20/h6-9,11H,2-5H2,1H3,(H,22,25)(H,23,24,26)/t11-/m0/s1. The summed E-state index contributed by atoms with van der Waals surface area (Å²) >= 11 is 2.83. The Morgan fingerprint density at radius 3 is 2.82 bits per heavy atom. The van der Waals surface area contributed by atoms with Crippen molar-refractivity contribution in [1.29, 1.82) is 5.26 Å². The Hall–Kier alpha value is -2.63. The van der Waals surface area contributed by atoms with Crippen molar-refractivity contribution in [2.45, 2.75) is 43.0 Å². The maximum Gasteiger partial charge on any atom is 0.260 e. The number of carbonyl (C=O) groups is 1. The highest BCUT2D eigenvalue weighted by Gasteiger charge is 2.21. The van der Waals surface area contributed by atoms with Crippen LogP contribution in [-0.4, -0.2) is 21.1 Å². The van der Waals surface area contributed by atoms with E-state index < -0.39 is 5.25 Å². The van der Waals surface area contributed by atoms with E-state index in [2.05, 4.69) is 15.3 Å². The number of nitrogens with zero attached hydrogens (tertiary/aromatic N) is 2. The minimum atomic E-state index is -0.439. The normalized spacial score (nSPS) is 14.3. The predicted molar refractivity (Wildman–Crippen MR) is 112 cm³/mol. The lowest BCUT2D eigenvalue weighted by atomic mass is 9.97. The molecule has 6 nitrogen and oxygen atoms in total. The Bertz CT molecular complexity index is 1140. The van der Waals surface area contributed by atoms with Gasteiger partial charge < -0.3 is 10.3 Å². The lowest BCUT2D eigenvalue weighted by molar-refractivity contribution is -0.115. The molecule has 1 atom stereocenters. The van der Waals surface area contributed by atoms with Crippen LogP contribution in [-0.2, 0) is 17.6 Å². The number of aromatic nitrogens is 2. The van der Waals surface area contributed by atoms with Crippen LogP contribution in [0.3, 0.4) is 0 Å². The van der Waals surface area contributed by atoms with Gasteiger partial charge >= 0.3 is 0 Å². The molecule has 1 amide bonds. The summed E-state index contributed by atoms with van der Waals surface area (Å²) in [5, 5.41) is 12.4. The van der Waals surface area contributed by atoms with E-state index in [1.807, 2.05) is 6.07 Å². The molecule has 2 heterocycles. The number of benzene rings is 1. The summed E-state index contributed by atoms with van der Waals surface area (Å²) < 4.78 is 0. The maximum absolute atomic E-state index is 12.6. The van der Waals surface area contributed by atoms with Crippen molar-refractivity contribution in [3.63, 3.8) is 0 Å². The summed E-state index contributed by atoms with van der Waals surface area (Å²) in [6.07, 6.45) is 4.23. The first kappa shape index (κ1) is 18.7. The van der Waals surface area contributed by atoms with E-state index in [9.17, 15) is 9.59 Å². The van der Waals surface area contributed by atoms with Crippen molar-refractivity contribution in [2.75, 3.05) is 5.32 Å². The second-order valence-electron chi connectivity index (χ2n) is 6.70. The Morgan fingerprint density at radius 1 is 1.32 bits per heavy atom. The largest absolute Gasteiger partial charge is 0.325 e. The summed E-state index contributed by atoms with van der Waals surface area (Å²) in [5.41, 5.74) is 2.20. The summed E-state index contributed by atoms with van der Waals surface area (Å²) in [7, 11) is 0. The van der Waals surface area contributed by atoms with Gasteiger partial charge in [-0.25, -0.2) is 4.98 Å². The van der Waals surface area contributed by atoms with E-state index in [1.165, 1.54) is 16.6 Å². The first-order chi connectivity index (χ1) is 13.5. The molecule has 0 spiro atoms. The van der Waals surface area contributed by atoms with E-state index in [1.54, 1.807) is 42.5 Å². The minimum Gasteiger partial charge on any atom is -0.325 e. The average Bonchev–Trinajstić information content (AvgIpc) is 3.07. The monoisotopic (exact) mass is 410 g/mol. The molecule has 2 aromatic heterocycles. The third-order valence-electron chi connectivity index (χ3n) is 4.74. The molecule has 3 aromatic rings. The van der Waals surface area contributed by atoms with Crippen LogP contribution in [0.2, 0.25) is 0 Å². The smallest absolute Gasteiger partial charge is 0.260 e. The van der Waals surface area contributed by atoms with Crippen molar-refractivity contribution < 1.29 is 4.79 Å². The van der Waals surface area contributed by atoms with E-state index in [4.69, 9.17) is 5.26 Å². The Labute approximate surface area is 170 Å². The lowest BCUT2D eigenvalue weighted by Crippen LogP contribution is -2.23. The molecule has 142 valence electrons. The van der Waals surface area contributed by atoms with Crippen molar-refractivity contribution in [3.05, 3.63) is 50.6 Å². The van der Waals surface area contributed by atoms with Crippen molar-refractivity contribution in [1.82, 2.24) is 9.97 Å². The molecule has 0 fully saturated rings. The van der Waals surface area contributed by atoms with E-state index >= 15 is 0 Å². The van der Waals surface area contributed by atoms with Crippen LogP contribution in [0.5, 0.6) is 0 Å². The number of carbonyl (C=O) groups excluding carboxylic acids is 1. The summed E-state index contributed by atoms with van der Waals surface area (Å²) in [5.74, 6) is -0.192. The van der Waals surface area contributed by atoms with Crippen LogP contribution in [0, 0.1) is 11.3 Å². The number of hydrogen-bond donors (Lipinski definition) is 2. The highest BCUT2D eigenvalue weighted by Crippen LogP contribution is 2.34. The fourth-order valence-corrected chi connectivity index (χ4v) is 5.41. The summed E-state index contributed by atoms with van der Waals surface area (Å²) in [4.78, 5) is 34.5. The zero-order valence-corrected chi connectivity index (χ0v) is 16.9. The number of aryl methyl sites for hydroxylation is 2. The second kappa shape index (κ2) is 7.78. The Kier molecular flexibility index (Phi) is 5.20. The zero-order chi connectivity index (χ0) is 19.7. The number of nitrogens with one attached hydrogen (secondary N) is 2. The minimum absolute atomic E-state index is 0.119. The summed E-state index contributed by atoms with van der Waals surface area (Å²) in [6.45, 7) is 1.77. The molecule has 1 aliphatic rings. The molecule has 0 aliphatic heterocycles. The topological polar surface area (TPSA) is 98.6 Å². The van der Waals surface area contributed by atoms with Gasteiger partial charge in [0, 0.05) is 10.6 Å². The summed E-state index contributed by atoms with van der Waals surface area (Å²) in [6, 6.07) is 8.73. The molecule has 0 unspecified atom stereocenters. The number of anilines is 1. The van der Waals surface area contributed by atoms with Crippen LogP contribution in [0.4, 0.5) is 5.69 Å². The number of nitriles is 1. The molecule has 28 heavy (non-hydrogen) atoms. The molecule has 0 saturated heterocycles. The number of thiophene rings is 1. The van der Waals surface area contributed by atoms with E-state index in [0.717, 1.165) is 41.5 Å². The van der Waals surface area contributed by atoms with Crippen LogP contribution in [0.15, 0.2) is 34.2 Å². The van der Waals surface area contributed by atoms with Gasteiger partial charge in [0.1, 0.15) is 4.83 Å². The molecule has 1 aliphatic carbocycles. The molecule has 0 radical (unpaired) electrons. The van der Waals surface area contributed by atoms with Gasteiger partial charge in [0.25, 0.3) is 5.56 Å². The van der Waals surface area contributed by atoms with Gasteiger partial charge in [-0.1, -0.05) is 11.8 Å². The van der Waals surface area contributed by atoms with Gasteiger partial charge in [0.05, 0.1) is 22.3 Å². The molecular weight excluding hydrogens is 392 g/mol. The third kappa shape index (κ3) is 3.68. The van der Waals surface area contributed by atoms with Gasteiger partial charge in [-0.05, 0) is 62.4 Å². The molecule has 0 bridgehead atoms. The van der Waals surface area contributed by atoms with Gasteiger partial charge in [-0.3, -0.25) is 9.59 Å². The number of hydrogen-bond acceptors (Lipinski definition) is 6. The van der Waals surface area contributed by atoms with Gasteiger partial charge in [-0.2, -0.15) is 5.26 Å². The number of thioether (sulfide) groups is 1. The molecule has 1 aromatic carbocycles. The van der Waals surface area contributed by atoms with Crippen molar-refractivity contribution in [3.8, 4) is 6.07 Å². The fraction of sp³-hybridized carbons (Fsp3) is 0.300. The van der Waals surface area contributed by atoms with E-state index in [-0.39, 0.29) is 11.5 Å². The van der Waals surface area contributed by atoms with Gasteiger partial charge in [0.15, 0.2) is 5.16 Å². The number of aromatic amines is 1. The third-order valence-corrected chi connectivity index (χ3v) is 6.91. The van der Waals surface area contributed by atoms with Crippen molar-refractivity contribution >= 4 is 44.9 Å². The molecule has 8 heteroatoms. The number of fused-ring (bicyclic) bond motifs is 3. The first-order valence-corrected chi connectivity index (χ1v) is 10.8. The number of amides is 1. The average molecular weight is 411 g/mol. The Balaban J connectivity index is 1.51. The van der Waals surface area contributed by atoms with Crippen LogP contribution in [0.25, 0.3) is 10.2 Å². The fourth-order valence-electron chi connectivity index (χ4n) is 3.29. The highest BCUT2D eigenvalue weighted by atomic mass is 32.2. The van der Waals surface area contributed by atoms with Crippen LogP contribution >= 0.6 is 23.1 Å². The number of rotatable bonds is 4. The molecular formula is C20H18N4O2S2. The number of H-pyrrole nitrogens is 1. The van der Waals surface area contributed by atoms with Crippen molar-refractivity contribution in [2.24, 2.45) is 0 Å². The van der Waals surface area contributed by atoms with Gasteiger partial charge in [-0.15, -0.1) is 11.3 Å². The van der Waals surface area contributed by atoms with Gasteiger partial charge in [0.2, 0.25) is 5.91 Å².